The summed E-state index contributed by atoms with van der Waals surface area (Å²) in [6, 6.07) is 9.18. The lowest BCUT2D eigenvalue weighted by atomic mass is 10.1. The molecule has 4 nitrogen and oxygen atoms in total. The highest BCUT2D eigenvalue weighted by Crippen LogP contribution is 2.31. The van der Waals surface area contributed by atoms with Crippen molar-refractivity contribution in [2.45, 2.75) is 18.2 Å². The van der Waals surface area contributed by atoms with Crippen molar-refractivity contribution in [1.29, 1.82) is 0 Å². The Morgan fingerprint density at radius 1 is 1.17 bits per heavy atom. The molecule has 0 aromatic heterocycles. The van der Waals surface area contributed by atoms with Gasteiger partial charge in [-0.05, 0) is 54.8 Å². The van der Waals surface area contributed by atoms with Crippen LogP contribution in [0.2, 0.25) is 0 Å². The molecule has 0 radical (unpaired) electrons. The topological polar surface area (TPSA) is 54.5 Å². The van der Waals surface area contributed by atoms with Crippen molar-refractivity contribution >= 4 is 21.4 Å². The van der Waals surface area contributed by atoms with Crippen molar-refractivity contribution in [3.63, 3.8) is 0 Å². The zero-order valence-electron chi connectivity index (χ0n) is 12.8. The van der Waals surface area contributed by atoms with Gasteiger partial charge < -0.3 is 4.90 Å². The van der Waals surface area contributed by atoms with Gasteiger partial charge in [0.25, 0.3) is 5.91 Å². The average Bonchev–Trinajstić information content (AvgIpc) is 2.88. The number of hydrogen-bond donors (Lipinski definition) is 0. The van der Waals surface area contributed by atoms with E-state index in [1.807, 2.05) is 0 Å². The Morgan fingerprint density at radius 2 is 1.91 bits per heavy atom. The molecule has 2 aromatic carbocycles. The molecule has 0 saturated carbocycles. The van der Waals surface area contributed by atoms with Crippen LogP contribution in [0.1, 0.15) is 21.5 Å². The monoisotopic (exact) mass is 333 g/mol. The lowest BCUT2D eigenvalue weighted by molar-refractivity contribution is 0.0985. The van der Waals surface area contributed by atoms with E-state index in [0.717, 1.165) is 17.4 Å². The molecule has 0 atom stereocenters. The van der Waals surface area contributed by atoms with Gasteiger partial charge in [-0.2, -0.15) is 0 Å². The highest BCUT2D eigenvalue weighted by molar-refractivity contribution is 7.90. The zero-order chi connectivity index (χ0) is 16.8. The number of aryl methyl sites for hydroxylation is 1. The van der Waals surface area contributed by atoms with Gasteiger partial charge in [-0.25, -0.2) is 12.8 Å². The molecule has 0 aliphatic carbocycles. The van der Waals surface area contributed by atoms with E-state index in [1.54, 1.807) is 25.1 Å². The minimum Gasteiger partial charge on any atom is -0.308 e. The van der Waals surface area contributed by atoms with Crippen molar-refractivity contribution < 1.29 is 17.6 Å². The highest BCUT2D eigenvalue weighted by Gasteiger charge is 2.28. The number of rotatable bonds is 2. The number of carbonyl (C=O) groups excluding carboxylic acids is 1. The summed E-state index contributed by atoms with van der Waals surface area (Å²) in [4.78, 5) is 14.3. The van der Waals surface area contributed by atoms with Crippen LogP contribution in [0.25, 0.3) is 0 Å². The number of nitrogens with zero attached hydrogens (tertiary/aromatic N) is 1. The fourth-order valence-electron chi connectivity index (χ4n) is 2.76. The van der Waals surface area contributed by atoms with Crippen molar-refractivity contribution in [3.8, 4) is 0 Å². The third-order valence-corrected chi connectivity index (χ3v) is 5.09. The first kappa shape index (κ1) is 15.7. The third kappa shape index (κ3) is 2.86. The Kier molecular flexibility index (Phi) is 3.72. The summed E-state index contributed by atoms with van der Waals surface area (Å²) in [6.07, 6.45) is 1.70. The number of carbonyl (C=O) groups is 1. The molecule has 2 aromatic rings. The van der Waals surface area contributed by atoms with Crippen molar-refractivity contribution in [1.82, 2.24) is 0 Å². The van der Waals surface area contributed by atoms with Gasteiger partial charge in [0, 0.05) is 18.5 Å². The van der Waals surface area contributed by atoms with E-state index >= 15 is 0 Å². The van der Waals surface area contributed by atoms with Gasteiger partial charge in [-0.1, -0.05) is 6.07 Å². The van der Waals surface area contributed by atoms with Crippen LogP contribution < -0.4 is 4.90 Å². The normalized spacial score (nSPS) is 14.0. The van der Waals surface area contributed by atoms with Gasteiger partial charge in [-0.3, -0.25) is 4.79 Å². The summed E-state index contributed by atoms with van der Waals surface area (Å²) in [6.45, 7) is 2.17. The van der Waals surface area contributed by atoms with Crippen LogP contribution >= 0.6 is 0 Å². The first-order valence-corrected chi connectivity index (χ1v) is 9.07. The van der Waals surface area contributed by atoms with Gasteiger partial charge in [0.2, 0.25) is 0 Å². The second-order valence-electron chi connectivity index (χ2n) is 5.75. The van der Waals surface area contributed by atoms with E-state index in [9.17, 15) is 17.6 Å². The molecule has 0 spiro atoms. The van der Waals surface area contributed by atoms with Gasteiger partial charge >= 0.3 is 0 Å². The molecule has 0 bridgehead atoms. The van der Waals surface area contributed by atoms with Crippen LogP contribution in [0, 0.1) is 12.7 Å². The van der Waals surface area contributed by atoms with E-state index in [0.29, 0.717) is 18.7 Å². The molecular weight excluding hydrogens is 317 g/mol. The molecule has 0 unspecified atom stereocenters. The van der Waals surface area contributed by atoms with Crippen molar-refractivity contribution in [2.24, 2.45) is 0 Å². The SMILES string of the molecule is Cc1ccc(C(=O)N2CCc3cc(S(C)(=O)=O)ccc32)c(F)c1. The number of amides is 1. The van der Waals surface area contributed by atoms with Crippen LogP contribution in [0.3, 0.4) is 0 Å². The molecule has 1 amide bonds. The lowest BCUT2D eigenvalue weighted by Gasteiger charge is -2.18. The largest absolute Gasteiger partial charge is 0.308 e. The Labute approximate surface area is 134 Å². The number of benzene rings is 2. The van der Waals surface area contributed by atoms with Crippen LogP contribution in [0.4, 0.5) is 10.1 Å². The van der Waals surface area contributed by atoms with Crippen LogP contribution in [-0.2, 0) is 16.3 Å². The first-order valence-electron chi connectivity index (χ1n) is 7.18. The molecule has 0 N–H and O–H groups in total. The Balaban J connectivity index is 1.98. The molecule has 1 heterocycles. The molecule has 120 valence electrons. The zero-order valence-corrected chi connectivity index (χ0v) is 13.7. The van der Waals surface area contributed by atoms with Crippen LogP contribution in [0.5, 0.6) is 0 Å². The third-order valence-electron chi connectivity index (χ3n) is 3.97. The molecule has 0 fully saturated rings. The average molecular weight is 333 g/mol. The fourth-order valence-corrected chi connectivity index (χ4v) is 3.43. The van der Waals surface area contributed by atoms with E-state index in [1.165, 1.54) is 23.1 Å². The summed E-state index contributed by atoms with van der Waals surface area (Å²) in [5.41, 5.74) is 2.20. The van der Waals surface area contributed by atoms with E-state index < -0.39 is 21.6 Å². The Bertz CT molecular complexity index is 906. The second-order valence-corrected chi connectivity index (χ2v) is 7.77. The summed E-state index contributed by atoms with van der Waals surface area (Å²) in [7, 11) is -3.29. The Hall–Kier alpha value is -2.21. The van der Waals surface area contributed by atoms with Gasteiger partial charge in [0.15, 0.2) is 9.84 Å². The molecular formula is C17H16FNO3S. The standard InChI is InChI=1S/C17H16FNO3S/c1-11-3-5-14(15(18)9-11)17(20)19-8-7-12-10-13(23(2,21)22)4-6-16(12)19/h3-6,9-10H,7-8H2,1-2H3. The van der Waals surface area contributed by atoms with Crippen molar-refractivity contribution in [3.05, 3.63) is 58.9 Å². The molecule has 23 heavy (non-hydrogen) atoms. The van der Waals surface area contributed by atoms with E-state index in [4.69, 9.17) is 0 Å². The summed E-state index contributed by atoms with van der Waals surface area (Å²) < 4.78 is 37.3. The van der Waals surface area contributed by atoms with Gasteiger partial charge in [-0.15, -0.1) is 0 Å². The van der Waals surface area contributed by atoms with Crippen LogP contribution in [-0.4, -0.2) is 27.1 Å². The highest BCUT2D eigenvalue weighted by atomic mass is 32.2. The number of sulfone groups is 1. The van der Waals surface area contributed by atoms with Crippen molar-refractivity contribution in [2.75, 3.05) is 17.7 Å². The molecule has 3 rings (SSSR count). The predicted octanol–water partition coefficient (Wildman–Crippen LogP) is 2.74. The lowest BCUT2D eigenvalue weighted by Crippen LogP contribution is -2.29. The first-order chi connectivity index (χ1) is 10.8. The number of halogens is 1. The Morgan fingerprint density at radius 3 is 2.57 bits per heavy atom. The molecule has 0 saturated heterocycles. The maximum absolute atomic E-state index is 14.0. The van der Waals surface area contributed by atoms with E-state index in [-0.39, 0.29) is 10.5 Å². The minimum atomic E-state index is -3.29. The second kappa shape index (κ2) is 5.45. The minimum absolute atomic E-state index is 0.0237. The predicted molar refractivity (Wildman–Crippen MR) is 86.1 cm³/mol. The summed E-state index contributed by atoms with van der Waals surface area (Å²) >= 11 is 0. The smallest absolute Gasteiger partial charge is 0.261 e. The number of hydrogen-bond acceptors (Lipinski definition) is 3. The maximum atomic E-state index is 14.0. The number of anilines is 1. The van der Waals surface area contributed by atoms with Crippen LogP contribution in [0.15, 0.2) is 41.3 Å². The quantitative estimate of drug-likeness (QED) is 0.849. The summed E-state index contributed by atoms with van der Waals surface area (Å²) in [5, 5.41) is 0. The number of fused-ring (bicyclic) bond motifs is 1. The molecule has 1 aliphatic heterocycles. The fraction of sp³-hybridized carbons (Fsp3) is 0.235. The summed E-state index contributed by atoms with van der Waals surface area (Å²) in [5.74, 6) is -0.954. The van der Waals surface area contributed by atoms with Gasteiger partial charge in [0.05, 0.1) is 10.5 Å². The maximum Gasteiger partial charge on any atom is 0.261 e. The van der Waals surface area contributed by atoms with E-state index in [2.05, 4.69) is 0 Å². The molecule has 6 heteroatoms. The van der Waals surface area contributed by atoms with Gasteiger partial charge in [0.1, 0.15) is 5.82 Å². The molecule has 1 aliphatic rings.